The fourth-order valence-corrected chi connectivity index (χ4v) is 3.94. The highest BCUT2D eigenvalue weighted by molar-refractivity contribution is 5.76. The zero-order valence-corrected chi connectivity index (χ0v) is 15.0. The summed E-state index contributed by atoms with van der Waals surface area (Å²) in [6, 6.07) is 9.22. The van der Waals surface area contributed by atoms with E-state index in [1.807, 2.05) is 26.4 Å². The number of benzene rings is 1. The predicted octanol–water partition coefficient (Wildman–Crippen LogP) is 3.73. The van der Waals surface area contributed by atoms with Gasteiger partial charge in [0.15, 0.2) is 0 Å². The molecule has 1 saturated carbocycles. The highest BCUT2D eigenvalue weighted by atomic mass is 16.2. The third kappa shape index (κ3) is 3.28. The van der Waals surface area contributed by atoms with Crippen molar-refractivity contribution in [2.24, 2.45) is 7.05 Å². The largest absolute Gasteiger partial charge is 0.331 e. The van der Waals surface area contributed by atoms with E-state index < -0.39 is 0 Å². The molecule has 0 aliphatic heterocycles. The van der Waals surface area contributed by atoms with Crippen molar-refractivity contribution >= 4 is 6.03 Å². The summed E-state index contributed by atoms with van der Waals surface area (Å²) >= 11 is 0. The van der Waals surface area contributed by atoms with Crippen molar-refractivity contribution in [3.63, 3.8) is 0 Å². The number of amides is 2. The maximum absolute atomic E-state index is 13.1. The molecule has 132 valence electrons. The van der Waals surface area contributed by atoms with Crippen molar-refractivity contribution in [1.82, 2.24) is 20.0 Å². The molecule has 2 aromatic rings. The number of fused-ring (bicyclic) bond motifs is 1. The highest BCUT2D eigenvalue weighted by Crippen LogP contribution is 2.40. The van der Waals surface area contributed by atoms with Gasteiger partial charge in [0.25, 0.3) is 0 Å². The maximum atomic E-state index is 13.1. The zero-order valence-electron chi connectivity index (χ0n) is 15.0. The fraction of sp³-hybridized carbons (Fsp3) is 0.500. The Labute approximate surface area is 149 Å². The Kier molecular flexibility index (Phi) is 4.24. The average Bonchev–Trinajstić information content (AvgIpc) is 3.34. The van der Waals surface area contributed by atoms with Gasteiger partial charge in [0.1, 0.15) is 0 Å². The number of urea groups is 1. The Morgan fingerprint density at radius 2 is 2.12 bits per heavy atom. The van der Waals surface area contributed by atoms with Crippen LogP contribution in [-0.2, 0) is 13.5 Å². The van der Waals surface area contributed by atoms with E-state index in [-0.39, 0.29) is 18.1 Å². The van der Waals surface area contributed by atoms with E-state index in [4.69, 9.17) is 0 Å². The molecule has 1 aromatic heterocycles. The maximum Gasteiger partial charge on any atom is 0.318 e. The quantitative estimate of drug-likeness (QED) is 0.923. The van der Waals surface area contributed by atoms with Crippen LogP contribution >= 0.6 is 0 Å². The highest BCUT2D eigenvalue weighted by Gasteiger charge is 2.39. The van der Waals surface area contributed by atoms with Gasteiger partial charge in [-0.15, -0.1) is 0 Å². The van der Waals surface area contributed by atoms with Crippen molar-refractivity contribution < 1.29 is 4.79 Å². The Morgan fingerprint density at radius 1 is 1.32 bits per heavy atom. The van der Waals surface area contributed by atoms with Crippen molar-refractivity contribution in [2.45, 2.75) is 57.2 Å². The van der Waals surface area contributed by atoms with Crippen LogP contribution in [0.2, 0.25) is 0 Å². The van der Waals surface area contributed by atoms with Gasteiger partial charge < -0.3 is 10.2 Å². The van der Waals surface area contributed by atoms with Crippen LogP contribution < -0.4 is 5.32 Å². The molecule has 25 heavy (non-hydrogen) atoms. The molecule has 5 nitrogen and oxygen atoms in total. The second-order valence-corrected chi connectivity index (χ2v) is 7.36. The molecule has 2 amide bonds. The van der Waals surface area contributed by atoms with Crippen LogP contribution in [0.4, 0.5) is 4.79 Å². The van der Waals surface area contributed by atoms with Gasteiger partial charge in [-0.3, -0.25) is 4.68 Å². The van der Waals surface area contributed by atoms with E-state index in [9.17, 15) is 4.79 Å². The van der Waals surface area contributed by atoms with Crippen LogP contribution in [0, 0.1) is 0 Å². The van der Waals surface area contributed by atoms with Crippen molar-refractivity contribution in [1.29, 1.82) is 0 Å². The molecule has 0 saturated heterocycles. The standard InChI is InChI=1S/C20H26N4O/c1-14(16-12-21-23(2)13-16)22-20(25)24(17-10-11-17)19-9-5-7-15-6-3-4-8-18(15)19/h3-4,6,8,12-14,17,19H,5,7,9-11H2,1-2H3,(H,22,25)/t14-,19-/m0/s1. The molecule has 5 heteroatoms. The zero-order chi connectivity index (χ0) is 17.4. The lowest BCUT2D eigenvalue weighted by Gasteiger charge is -2.36. The summed E-state index contributed by atoms with van der Waals surface area (Å²) in [4.78, 5) is 15.2. The lowest BCUT2D eigenvalue weighted by atomic mass is 9.87. The van der Waals surface area contributed by atoms with Crippen molar-refractivity contribution in [3.05, 3.63) is 53.3 Å². The molecule has 2 atom stereocenters. The Hall–Kier alpha value is -2.30. The van der Waals surface area contributed by atoms with Gasteiger partial charge in [0, 0.05) is 24.8 Å². The molecule has 0 unspecified atom stereocenters. The minimum absolute atomic E-state index is 0.0405. The molecule has 4 rings (SSSR count). The van der Waals surface area contributed by atoms with Crippen molar-refractivity contribution in [2.75, 3.05) is 0 Å². The summed E-state index contributed by atoms with van der Waals surface area (Å²) in [6.07, 6.45) is 9.35. The first kappa shape index (κ1) is 16.2. The van der Waals surface area contributed by atoms with Crippen LogP contribution in [0.1, 0.15) is 61.4 Å². The molecule has 0 spiro atoms. The van der Waals surface area contributed by atoms with Gasteiger partial charge in [-0.25, -0.2) is 4.79 Å². The van der Waals surface area contributed by atoms with Crippen molar-refractivity contribution in [3.8, 4) is 0 Å². The lowest BCUT2D eigenvalue weighted by Crippen LogP contribution is -2.45. The summed E-state index contributed by atoms with van der Waals surface area (Å²) in [5.74, 6) is 0. The minimum atomic E-state index is -0.0405. The normalized spacial score (nSPS) is 20.6. The Morgan fingerprint density at radius 3 is 2.84 bits per heavy atom. The monoisotopic (exact) mass is 338 g/mol. The van der Waals surface area contributed by atoms with Gasteiger partial charge in [-0.2, -0.15) is 5.10 Å². The number of rotatable bonds is 4. The second-order valence-electron chi connectivity index (χ2n) is 7.36. The summed E-state index contributed by atoms with van der Waals surface area (Å²) in [5.41, 5.74) is 3.78. The number of aromatic nitrogens is 2. The third-order valence-electron chi connectivity index (χ3n) is 5.41. The first-order chi connectivity index (χ1) is 12.1. The number of nitrogens with one attached hydrogen (secondary N) is 1. The van der Waals surface area contributed by atoms with Gasteiger partial charge >= 0.3 is 6.03 Å². The molecule has 1 fully saturated rings. The predicted molar refractivity (Wildman–Crippen MR) is 97.1 cm³/mol. The number of nitrogens with zero attached hydrogens (tertiary/aromatic N) is 3. The van der Waals surface area contributed by atoms with E-state index in [1.54, 1.807) is 4.68 Å². The SMILES string of the molecule is C[C@H](NC(=O)N(C1CC1)[C@H]1CCCc2ccccc21)c1cnn(C)c1. The van der Waals surface area contributed by atoms with Gasteiger partial charge in [-0.1, -0.05) is 24.3 Å². The summed E-state index contributed by atoms with van der Waals surface area (Å²) < 4.78 is 1.77. The number of carbonyl (C=O) groups excluding carboxylic acids is 1. The molecule has 1 N–H and O–H groups in total. The van der Waals surface area contributed by atoms with Crippen LogP contribution in [-0.4, -0.2) is 26.8 Å². The topological polar surface area (TPSA) is 50.2 Å². The average molecular weight is 338 g/mol. The molecule has 1 heterocycles. The second kappa shape index (κ2) is 6.54. The number of carbonyl (C=O) groups is 1. The Bertz CT molecular complexity index is 765. The molecule has 2 aliphatic carbocycles. The van der Waals surface area contributed by atoms with Crippen LogP contribution in [0.3, 0.4) is 0 Å². The number of hydrogen-bond donors (Lipinski definition) is 1. The Balaban J connectivity index is 1.55. The van der Waals surface area contributed by atoms with E-state index in [1.165, 1.54) is 11.1 Å². The molecular formula is C20H26N4O. The van der Waals surface area contributed by atoms with Crippen LogP contribution in [0.15, 0.2) is 36.7 Å². The first-order valence-electron chi connectivity index (χ1n) is 9.28. The van der Waals surface area contributed by atoms with Gasteiger partial charge in [0.05, 0.1) is 18.3 Å². The summed E-state index contributed by atoms with van der Waals surface area (Å²) in [5, 5.41) is 7.40. The van der Waals surface area contributed by atoms with E-state index in [0.717, 1.165) is 37.7 Å². The molecular weight excluding hydrogens is 312 g/mol. The smallest absolute Gasteiger partial charge is 0.318 e. The van der Waals surface area contributed by atoms with Gasteiger partial charge in [-0.05, 0) is 50.2 Å². The molecule has 0 radical (unpaired) electrons. The fourth-order valence-electron chi connectivity index (χ4n) is 3.94. The minimum Gasteiger partial charge on any atom is -0.331 e. The summed E-state index contributed by atoms with van der Waals surface area (Å²) in [7, 11) is 1.90. The number of aryl methyl sites for hydroxylation is 2. The first-order valence-corrected chi connectivity index (χ1v) is 9.28. The lowest BCUT2D eigenvalue weighted by molar-refractivity contribution is 0.159. The van der Waals surface area contributed by atoms with Gasteiger partial charge in [0.2, 0.25) is 0 Å². The van der Waals surface area contributed by atoms with Crippen LogP contribution in [0.25, 0.3) is 0 Å². The molecule has 0 bridgehead atoms. The van der Waals surface area contributed by atoms with Crippen LogP contribution in [0.5, 0.6) is 0 Å². The van der Waals surface area contributed by atoms with E-state index >= 15 is 0 Å². The van der Waals surface area contributed by atoms with E-state index in [0.29, 0.717) is 6.04 Å². The third-order valence-corrected chi connectivity index (χ3v) is 5.41. The molecule has 1 aromatic carbocycles. The van der Waals surface area contributed by atoms with E-state index in [2.05, 4.69) is 39.6 Å². The molecule has 2 aliphatic rings. The summed E-state index contributed by atoms with van der Waals surface area (Å²) in [6.45, 7) is 2.02. The number of hydrogen-bond acceptors (Lipinski definition) is 2.